The van der Waals surface area contributed by atoms with E-state index in [-0.39, 0.29) is 0 Å². The molecule has 0 atom stereocenters. The molecule has 2 N–H and O–H groups in total. The summed E-state index contributed by atoms with van der Waals surface area (Å²) in [5.41, 5.74) is 12.3. The van der Waals surface area contributed by atoms with Crippen molar-refractivity contribution in [1.82, 2.24) is 9.97 Å². The van der Waals surface area contributed by atoms with E-state index in [1.807, 2.05) is 24.3 Å². The summed E-state index contributed by atoms with van der Waals surface area (Å²) in [5, 5.41) is 0. The van der Waals surface area contributed by atoms with E-state index in [0.717, 1.165) is 11.6 Å². The Morgan fingerprint density at radius 2 is 0.703 bits per heavy atom. The van der Waals surface area contributed by atoms with E-state index in [2.05, 4.69) is 107 Å². The fourth-order valence-electron chi connectivity index (χ4n) is 4.51. The molecule has 5 nitrogen and oxygen atoms in total. The molecule has 1 aromatic heterocycles. The highest BCUT2D eigenvalue weighted by Gasteiger charge is 2.20. The topological polar surface area (TPSA) is 58.3 Å². The van der Waals surface area contributed by atoms with Crippen molar-refractivity contribution in [3.05, 3.63) is 150 Å². The number of anilines is 3. The van der Waals surface area contributed by atoms with Gasteiger partial charge in [0.2, 0.25) is 0 Å². The average Bonchev–Trinajstić information content (AvgIpc) is 2.95. The van der Waals surface area contributed by atoms with Crippen molar-refractivity contribution in [2.75, 3.05) is 15.5 Å². The Balaban J connectivity index is 1.52. The second kappa shape index (κ2) is 11.9. The summed E-state index contributed by atoms with van der Waals surface area (Å²) in [6.45, 7) is 2.75. The molecular formula is C32H31N5. The predicted octanol–water partition coefficient (Wildman–Crippen LogP) is 6.47. The van der Waals surface area contributed by atoms with Crippen LogP contribution in [-0.2, 0) is 26.2 Å². The molecule has 0 bridgehead atoms. The van der Waals surface area contributed by atoms with Gasteiger partial charge in [0.05, 0.1) is 0 Å². The Hall–Kier alpha value is -4.64. The fourth-order valence-corrected chi connectivity index (χ4v) is 4.51. The van der Waals surface area contributed by atoms with Crippen LogP contribution in [0, 0.1) is 0 Å². The van der Waals surface area contributed by atoms with Crippen LogP contribution in [0.2, 0.25) is 0 Å². The molecule has 1 heterocycles. The van der Waals surface area contributed by atoms with E-state index in [1.54, 1.807) is 6.33 Å². The number of hydrogen-bond donors (Lipinski definition) is 1. The Morgan fingerprint density at radius 3 is 0.973 bits per heavy atom. The van der Waals surface area contributed by atoms with Crippen LogP contribution >= 0.6 is 0 Å². The molecule has 0 aliphatic heterocycles. The standard InChI is InChI=1S/C32H31N5/c33-30-31(36(21-26-13-5-1-6-14-26)22-27-15-7-2-8-16-27)34-25-35-32(30)37(23-28-17-9-3-10-18-28)24-29-19-11-4-12-20-29/h1-20,25H,21-24,33H2. The maximum absolute atomic E-state index is 6.89. The summed E-state index contributed by atoms with van der Waals surface area (Å²) in [6, 6.07) is 41.7. The third kappa shape index (κ3) is 6.33. The Kier molecular flexibility index (Phi) is 7.72. The number of nitrogens with zero attached hydrogens (tertiary/aromatic N) is 4. The molecule has 0 amide bonds. The monoisotopic (exact) mass is 485 g/mol. The van der Waals surface area contributed by atoms with Crippen molar-refractivity contribution in [3.63, 3.8) is 0 Å². The fraction of sp³-hybridized carbons (Fsp3) is 0.125. The van der Waals surface area contributed by atoms with Gasteiger partial charge in [0.25, 0.3) is 0 Å². The summed E-state index contributed by atoms with van der Waals surface area (Å²) >= 11 is 0. The number of aromatic nitrogens is 2. The molecule has 0 aliphatic rings. The molecule has 5 aromatic rings. The summed E-state index contributed by atoms with van der Waals surface area (Å²) in [5.74, 6) is 1.48. The molecule has 5 heteroatoms. The molecule has 0 spiro atoms. The number of nitrogen functional groups attached to an aromatic ring is 1. The Bertz CT molecular complexity index is 1190. The SMILES string of the molecule is Nc1c(N(Cc2ccccc2)Cc2ccccc2)ncnc1N(Cc1ccccc1)Cc1ccccc1. The molecule has 0 aliphatic carbocycles. The zero-order valence-corrected chi connectivity index (χ0v) is 20.8. The van der Waals surface area contributed by atoms with Gasteiger partial charge in [-0.2, -0.15) is 0 Å². The van der Waals surface area contributed by atoms with Crippen LogP contribution in [0.3, 0.4) is 0 Å². The van der Waals surface area contributed by atoms with Crippen LogP contribution in [0.25, 0.3) is 0 Å². The van der Waals surface area contributed by atoms with Crippen LogP contribution in [0.4, 0.5) is 17.3 Å². The molecule has 184 valence electrons. The number of hydrogen-bond acceptors (Lipinski definition) is 5. The minimum Gasteiger partial charge on any atom is -0.393 e. The molecular weight excluding hydrogens is 454 g/mol. The minimum atomic E-state index is 0.584. The van der Waals surface area contributed by atoms with E-state index in [9.17, 15) is 0 Å². The minimum absolute atomic E-state index is 0.584. The molecule has 0 radical (unpaired) electrons. The van der Waals surface area contributed by atoms with Gasteiger partial charge in [0, 0.05) is 26.2 Å². The molecule has 0 saturated carbocycles. The van der Waals surface area contributed by atoms with Crippen LogP contribution < -0.4 is 15.5 Å². The first-order chi connectivity index (χ1) is 18.3. The van der Waals surface area contributed by atoms with E-state index < -0.39 is 0 Å². The quantitative estimate of drug-likeness (QED) is 0.246. The van der Waals surface area contributed by atoms with Gasteiger partial charge in [-0.05, 0) is 22.3 Å². The van der Waals surface area contributed by atoms with Crippen LogP contribution in [-0.4, -0.2) is 9.97 Å². The third-order valence-corrected chi connectivity index (χ3v) is 6.31. The molecule has 0 unspecified atom stereocenters. The predicted molar refractivity (Wildman–Crippen MR) is 152 cm³/mol. The van der Waals surface area contributed by atoms with Crippen molar-refractivity contribution in [3.8, 4) is 0 Å². The van der Waals surface area contributed by atoms with Crippen molar-refractivity contribution >= 4 is 17.3 Å². The number of nitrogens with two attached hydrogens (primary N) is 1. The van der Waals surface area contributed by atoms with Gasteiger partial charge >= 0.3 is 0 Å². The van der Waals surface area contributed by atoms with E-state index in [1.165, 1.54) is 22.3 Å². The van der Waals surface area contributed by atoms with Crippen LogP contribution in [0.15, 0.2) is 128 Å². The molecule has 37 heavy (non-hydrogen) atoms. The lowest BCUT2D eigenvalue weighted by Crippen LogP contribution is -2.28. The third-order valence-electron chi connectivity index (χ3n) is 6.31. The van der Waals surface area contributed by atoms with Crippen LogP contribution in [0.5, 0.6) is 0 Å². The summed E-state index contributed by atoms with van der Waals surface area (Å²) in [7, 11) is 0. The van der Waals surface area contributed by atoms with E-state index >= 15 is 0 Å². The van der Waals surface area contributed by atoms with E-state index in [4.69, 9.17) is 15.7 Å². The molecule has 4 aromatic carbocycles. The van der Waals surface area contributed by atoms with Crippen molar-refractivity contribution in [1.29, 1.82) is 0 Å². The van der Waals surface area contributed by atoms with Gasteiger partial charge in [0.15, 0.2) is 11.6 Å². The normalized spacial score (nSPS) is 10.7. The second-order valence-corrected chi connectivity index (χ2v) is 9.09. The lowest BCUT2D eigenvalue weighted by molar-refractivity contribution is 0.763. The number of rotatable bonds is 10. The highest BCUT2D eigenvalue weighted by molar-refractivity contribution is 5.76. The van der Waals surface area contributed by atoms with Gasteiger partial charge < -0.3 is 15.5 Å². The largest absolute Gasteiger partial charge is 0.393 e. The van der Waals surface area contributed by atoms with E-state index in [0.29, 0.717) is 31.9 Å². The van der Waals surface area contributed by atoms with Gasteiger partial charge in [-0.1, -0.05) is 121 Å². The highest BCUT2D eigenvalue weighted by Crippen LogP contribution is 2.32. The highest BCUT2D eigenvalue weighted by atomic mass is 15.3. The molecule has 5 rings (SSSR count). The van der Waals surface area contributed by atoms with Gasteiger partial charge in [-0.25, -0.2) is 9.97 Å². The summed E-state index contributed by atoms with van der Waals surface area (Å²) < 4.78 is 0. The zero-order chi connectivity index (χ0) is 25.3. The van der Waals surface area contributed by atoms with Gasteiger partial charge in [0.1, 0.15) is 12.0 Å². The van der Waals surface area contributed by atoms with Crippen molar-refractivity contribution in [2.24, 2.45) is 0 Å². The lowest BCUT2D eigenvalue weighted by Gasteiger charge is -2.29. The first-order valence-electron chi connectivity index (χ1n) is 12.5. The second-order valence-electron chi connectivity index (χ2n) is 9.09. The smallest absolute Gasteiger partial charge is 0.158 e. The molecule has 0 saturated heterocycles. The Morgan fingerprint density at radius 1 is 0.432 bits per heavy atom. The molecule has 0 fully saturated rings. The van der Waals surface area contributed by atoms with Crippen molar-refractivity contribution in [2.45, 2.75) is 26.2 Å². The first kappa shape index (κ1) is 24.1. The summed E-state index contributed by atoms with van der Waals surface area (Å²) in [4.78, 5) is 13.8. The van der Waals surface area contributed by atoms with Crippen molar-refractivity contribution < 1.29 is 0 Å². The number of benzene rings is 4. The van der Waals surface area contributed by atoms with Gasteiger partial charge in [-0.3, -0.25) is 0 Å². The maximum Gasteiger partial charge on any atom is 0.158 e. The van der Waals surface area contributed by atoms with Crippen LogP contribution in [0.1, 0.15) is 22.3 Å². The summed E-state index contributed by atoms with van der Waals surface area (Å²) in [6.07, 6.45) is 1.63. The Labute approximate surface area is 218 Å². The maximum atomic E-state index is 6.89. The zero-order valence-electron chi connectivity index (χ0n) is 20.8. The van der Waals surface area contributed by atoms with Gasteiger partial charge in [-0.15, -0.1) is 0 Å². The lowest BCUT2D eigenvalue weighted by atomic mass is 10.1. The average molecular weight is 486 g/mol. The first-order valence-corrected chi connectivity index (χ1v) is 12.5.